The van der Waals surface area contributed by atoms with Gasteiger partial charge in [0.25, 0.3) is 0 Å². The molecule has 0 saturated heterocycles. The third kappa shape index (κ3) is 4.75. The number of benzene rings is 1. The molecule has 4 heteroatoms. The molecule has 1 aromatic carbocycles. The largest absolute Gasteiger partial charge is 0.409 e. The molecular weight excluding hydrogens is 226 g/mol. The maximum absolute atomic E-state index is 8.66. The number of hydrogen-bond donors (Lipinski definition) is 2. The molecule has 0 aliphatic carbocycles. The van der Waals surface area contributed by atoms with E-state index >= 15 is 0 Å². The van der Waals surface area contributed by atoms with Crippen molar-refractivity contribution in [1.82, 2.24) is 4.90 Å². The minimum Gasteiger partial charge on any atom is -0.409 e. The summed E-state index contributed by atoms with van der Waals surface area (Å²) in [5.41, 5.74) is 7.51. The lowest BCUT2D eigenvalue weighted by Crippen LogP contribution is -2.21. The van der Waals surface area contributed by atoms with Crippen molar-refractivity contribution in [3.63, 3.8) is 0 Å². The molecule has 4 nitrogen and oxygen atoms in total. The lowest BCUT2D eigenvalue weighted by molar-refractivity contribution is 0.303. The third-order valence-electron chi connectivity index (χ3n) is 2.87. The molecule has 1 aromatic rings. The fourth-order valence-electron chi connectivity index (χ4n) is 1.76. The highest BCUT2D eigenvalue weighted by atomic mass is 16.4. The second kappa shape index (κ2) is 7.01. The highest BCUT2D eigenvalue weighted by Crippen LogP contribution is 2.09. The Morgan fingerprint density at radius 1 is 1.44 bits per heavy atom. The summed E-state index contributed by atoms with van der Waals surface area (Å²) in [6, 6.07) is 7.78. The van der Waals surface area contributed by atoms with Crippen LogP contribution in [0.1, 0.15) is 31.4 Å². The van der Waals surface area contributed by atoms with E-state index in [1.165, 1.54) is 12.0 Å². The quantitative estimate of drug-likeness (QED) is 0.352. The molecule has 3 N–H and O–H groups in total. The molecule has 0 aliphatic rings. The number of amidine groups is 1. The monoisotopic (exact) mass is 249 g/mol. The highest BCUT2D eigenvalue weighted by Gasteiger charge is 2.04. The van der Waals surface area contributed by atoms with Crippen molar-refractivity contribution in [2.45, 2.75) is 26.8 Å². The number of nitrogens with zero attached hydrogens (tertiary/aromatic N) is 2. The van der Waals surface area contributed by atoms with Crippen molar-refractivity contribution in [2.24, 2.45) is 16.8 Å². The molecule has 18 heavy (non-hydrogen) atoms. The van der Waals surface area contributed by atoms with Crippen LogP contribution < -0.4 is 5.73 Å². The van der Waals surface area contributed by atoms with E-state index in [9.17, 15) is 0 Å². The molecule has 0 aromatic heterocycles. The first-order valence-electron chi connectivity index (χ1n) is 6.28. The van der Waals surface area contributed by atoms with Crippen LogP contribution in [0.25, 0.3) is 0 Å². The Morgan fingerprint density at radius 3 is 2.78 bits per heavy atom. The summed E-state index contributed by atoms with van der Waals surface area (Å²) in [4.78, 5) is 2.28. The van der Waals surface area contributed by atoms with Crippen molar-refractivity contribution in [2.75, 3.05) is 13.6 Å². The lowest BCUT2D eigenvalue weighted by Gasteiger charge is -2.18. The smallest absolute Gasteiger partial charge is 0.170 e. The molecule has 0 heterocycles. The maximum atomic E-state index is 8.66. The molecule has 0 bridgehead atoms. The van der Waals surface area contributed by atoms with Gasteiger partial charge in [-0.1, -0.05) is 37.2 Å². The van der Waals surface area contributed by atoms with Crippen LogP contribution in [0, 0.1) is 5.92 Å². The molecule has 0 aliphatic heterocycles. The SMILES string of the molecule is CC(C)CCN(C)Cc1cccc(C(N)=NO)c1. The van der Waals surface area contributed by atoms with Gasteiger partial charge in [0.05, 0.1) is 0 Å². The van der Waals surface area contributed by atoms with Crippen molar-refractivity contribution < 1.29 is 5.21 Å². The first-order chi connectivity index (χ1) is 8.52. The standard InChI is InChI=1S/C14H23N3O/c1-11(2)7-8-17(3)10-12-5-4-6-13(9-12)14(15)16-18/h4-6,9,11,18H,7-8,10H2,1-3H3,(H2,15,16). The van der Waals surface area contributed by atoms with Gasteiger partial charge < -0.3 is 15.8 Å². The number of oxime groups is 1. The van der Waals surface area contributed by atoms with Gasteiger partial charge in [-0.05, 0) is 37.6 Å². The van der Waals surface area contributed by atoms with Crippen molar-refractivity contribution >= 4 is 5.84 Å². The predicted octanol–water partition coefficient (Wildman–Crippen LogP) is 2.26. The number of rotatable bonds is 6. The molecule has 0 unspecified atom stereocenters. The van der Waals surface area contributed by atoms with E-state index in [0.717, 1.165) is 24.6 Å². The summed E-state index contributed by atoms with van der Waals surface area (Å²) in [5.74, 6) is 0.873. The molecule has 0 fully saturated rings. The van der Waals surface area contributed by atoms with Crippen LogP contribution >= 0.6 is 0 Å². The van der Waals surface area contributed by atoms with E-state index in [0.29, 0.717) is 0 Å². The van der Waals surface area contributed by atoms with Gasteiger partial charge in [0, 0.05) is 12.1 Å². The average molecular weight is 249 g/mol. The fourth-order valence-corrected chi connectivity index (χ4v) is 1.76. The van der Waals surface area contributed by atoms with Gasteiger partial charge in [0.15, 0.2) is 5.84 Å². The van der Waals surface area contributed by atoms with E-state index in [1.807, 2.05) is 18.2 Å². The lowest BCUT2D eigenvalue weighted by atomic mass is 10.1. The molecule has 0 saturated carbocycles. The molecule has 0 radical (unpaired) electrons. The summed E-state index contributed by atoms with van der Waals surface area (Å²) >= 11 is 0. The van der Waals surface area contributed by atoms with Crippen molar-refractivity contribution in [3.05, 3.63) is 35.4 Å². The molecule has 0 amide bonds. The Morgan fingerprint density at radius 2 is 2.17 bits per heavy atom. The van der Waals surface area contributed by atoms with Crippen LogP contribution in [0.15, 0.2) is 29.4 Å². The molecule has 100 valence electrons. The van der Waals surface area contributed by atoms with Gasteiger partial charge >= 0.3 is 0 Å². The van der Waals surface area contributed by atoms with E-state index < -0.39 is 0 Å². The van der Waals surface area contributed by atoms with E-state index in [-0.39, 0.29) is 5.84 Å². The summed E-state index contributed by atoms with van der Waals surface area (Å²) in [5, 5.41) is 11.7. The third-order valence-corrected chi connectivity index (χ3v) is 2.87. The summed E-state index contributed by atoms with van der Waals surface area (Å²) < 4.78 is 0. The van der Waals surface area contributed by atoms with Crippen LogP contribution in [0.3, 0.4) is 0 Å². The Hall–Kier alpha value is -1.55. The predicted molar refractivity (Wildman–Crippen MR) is 74.7 cm³/mol. The Balaban J connectivity index is 2.62. The van der Waals surface area contributed by atoms with Crippen LogP contribution in [-0.4, -0.2) is 29.5 Å². The van der Waals surface area contributed by atoms with Crippen LogP contribution in [0.2, 0.25) is 0 Å². The minimum atomic E-state index is 0.154. The fraction of sp³-hybridized carbons (Fsp3) is 0.500. The Labute approximate surface area is 109 Å². The average Bonchev–Trinajstić information content (AvgIpc) is 2.35. The first kappa shape index (κ1) is 14.5. The van der Waals surface area contributed by atoms with Gasteiger partial charge in [-0.15, -0.1) is 0 Å². The zero-order valence-corrected chi connectivity index (χ0v) is 11.4. The Kier molecular flexibility index (Phi) is 5.65. The normalized spacial score (nSPS) is 12.4. The molecular formula is C14H23N3O. The van der Waals surface area contributed by atoms with Gasteiger partial charge in [-0.2, -0.15) is 0 Å². The minimum absolute atomic E-state index is 0.154. The van der Waals surface area contributed by atoms with Crippen molar-refractivity contribution in [3.8, 4) is 0 Å². The first-order valence-corrected chi connectivity index (χ1v) is 6.28. The van der Waals surface area contributed by atoms with E-state index in [4.69, 9.17) is 10.9 Å². The van der Waals surface area contributed by atoms with Crippen LogP contribution in [0.4, 0.5) is 0 Å². The molecule has 0 atom stereocenters. The van der Waals surface area contributed by atoms with Crippen LogP contribution in [-0.2, 0) is 6.54 Å². The van der Waals surface area contributed by atoms with Gasteiger partial charge in [-0.3, -0.25) is 0 Å². The number of nitrogens with two attached hydrogens (primary N) is 1. The number of hydrogen-bond acceptors (Lipinski definition) is 3. The summed E-state index contributed by atoms with van der Waals surface area (Å²) in [6.45, 7) is 6.41. The molecule has 1 rings (SSSR count). The summed E-state index contributed by atoms with van der Waals surface area (Å²) in [7, 11) is 2.11. The van der Waals surface area contributed by atoms with E-state index in [2.05, 4.69) is 37.0 Å². The topological polar surface area (TPSA) is 61.8 Å². The second-order valence-electron chi connectivity index (χ2n) is 5.11. The van der Waals surface area contributed by atoms with Gasteiger partial charge in [0.2, 0.25) is 0 Å². The van der Waals surface area contributed by atoms with Crippen molar-refractivity contribution in [1.29, 1.82) is 0 Å². The second-order valence-corrected chi connectivity index (χ2v) is 5.11. The van der Waals surface area contributed by atoms with E-state index in [1.54, 1.807) is 0 Å². The van der Waals surface area contributed by atoms with Gasteiger partial charge in [0.1, 0.15) is 0 Å². The molecule has 0 spiro atoms. The van der Waals surface area contributed by atoms with Crippen LogP contribution in [0.5, 0.6) is 0 Å². The van der Waals surface area contributed by atoms with Gasteiger partial charge in [-0.25, -0.2) is 0 Å². The Bertz CT molecular complexity index is 402. The zero-order chi connectivity index (χ0) is 13.5. The maximum Gasteiger partial charge on any atom is 0.170 e. The summed E-state index contributed by atoms with van der Waals surface area (Å²) in [6.07, 6.45) is 1.19. The highest BCUT2D eigenvalue weighted by molar-refractivity contribution is 5.97. The zero-order valence-electron chi connectivity index (χ0n) is 11.4.